The van der Waals surface area contributed by atoms with E-state index in [1.807, 2.05) is 60.7 Å². The van der Waals surface area contributed by atoms with E-state index in [4.69, 9.17) is 9.47 Å². The van der Waals surface area contributed by atoms with Gasteiger partial charge in [0.1, 0.15) is 11.5 Å². The van der Waals surface area contributed by atoms with Crippen molar-refractivity contribution < 1.29 is 19.1 Å². The minimum Gasteiger partial charge on any atom is -0.497 e. The van der Waals surface area contributed by atoms with Gasteiger partial charge < -0.3 is 9.47 Å². The fraction of sp³-hybridized carbons (Fsp3) is 0.133. The maximum absolute atomic E-state index is 12.6. The fourth-order valence-electron chi connectivity index (χ4n) is 3.77. The van der Waals surface area contributed by atoms with Crippen molar-refractivity contribution >= 4 is 11.8 Å². The normalized spacial score (nSPS) is 11.5. The third-order valence-corrected chi connectivity index (χ3v) is 5.95. The SMILES string of the molecule is COc1ccc(C(C)c2ccc(OC(=O)c3ccc(-c4ccc(C(C)=O)cc4)cc3)cc2)cc1. The van der Waals surface area contributed by atoms with Gasteiger partial charge in [-0.1, -0.05) is 67.6 Å². The molecule has 0 saturated carbocycles. The Labute approximate surface area is 199 Å². The predicted molar refractivity (Wildman–Crippen MR) is 134 cm³/mol. The third kappa shape index (κ3) is 5.24. The Hall–Kier alpha value is -4.18. The minimum atomic E-state index is -0.408. The van der Waals surface area contributed by atoms with Gasteiger partial charge in [-0.2, -0.15) is 0 Å². The molecule has 0 aromatic heterocycles. The molecule has 0 heterocycles. The van der Waals surface area contributed by atoms with Gasteiger partial charge in [-0.25, -0.2) is 4.79 Å². The number of hydrogen-bond donors (Lipinski definition) is 0. The lowest BCUT2D eigenvalue weighted by Gasteiger charge is -2.14. The lowest BCUT2D eigenvalue weighted by Crippen LogP contribution is -2.08. The van der Waals surface area contributed by atoms with Gasteiger partial charge in [0.25, 0.3) is 0 Å². The summed E-state index contributed by atoms with van der Waals surface area (Å²) < 4.78 is 10.8. The Morgan fingerprint density at radius 2 is 1.06 bits per heavy atom. The molecule has 1 unspecified atom stereocenters. The molecule has 0 amide bonds. The predicted octanol–water partition coefficient (Wildman–Crippen LogP) is 6.94. The molecule has 0 N–H and O–H groups in total. The van der Waals surface area contributed by atoms with Crippen molar-refractivity contribution in [1.82, 2.24) is 0 Å². The van der Waals surface area contributed by atoms with Gasteiger partial charge in [0, 0.05) is 11.5 Å². The summed E-state index contributed by atoms with van der Waals surface area (Å²) in [5.41, 5.74) is 5.40. The maximum Gasteiger partial charge on any atom is 0.343 e. The van der Waals surface area contributed by atoms with Crippen LogP contribution in [-0.4, -0.2) is 18.9 Å². The van der Waals surface area contributed by atoms with Gasteiger partial charge in [0.15, 0.2) is 5.78 Å². The second-order valence-corrected chi connectivity index (χ2v) is 8.16. The number of ketones is 1. The average Bonchev–Trinajstić information content (AvgIpc) is 2.89. The lowest BCUT2D eigenvalue weighted by atomic mass is 9.93. The molecule has 4 heteroatoms. The molecule has 4 aromatic rings. The van der Waals surface area contributed by atoms with Crippen LogP contribution in [0.3, 0.4) is 0 Å². The Morgan fingerprint density at radius 1 is 0.618 bits per heavy atom. The zero-order chi connectivity index (χ0) is 24.1. The Balaban J connectivity index is 1.40. The van der Waals surface area contributed by atoms with Crippen LogP contribution in [0.1, 0.15) is 51.6 Å². The molecule has 0 aliphatic rings. The number of carbonyl (C=O) groups excluding carboxylic acids is 2. The van der Waals surface area contributed by atoms with Gasteiger partial charge in [-0.3, -0.25) is 4.79 Å². The van der Waals surface area contributed by atoms with Crippen molar-refractivity contribution in [2.45, 2.75) is 19.8 Å². The Kier molecular flexibility index (Phi) is 6.88. The molecule has 0 bridgehead atoms. The first-order valence-corrected chi connectivity index (χ1v) is 11.1. The van der Waals surface area contributed by atoms with Crippen LogP contribution < -0.4 is 9.47 Å². The van der Waals surface area contributed by atoms with Crippen molar-refractivity contribution in [1.29, 1.82) is 0 Å². The third-order valence-electron chi connectivity index (χ3n) is 5.95. The summed E-state index contributed by atoms with van der Waals surface area (Å²) in [6.45, 7) is 3.68. The van der Waals surface area contributed by atoms with E-state index in [2.05, 4.69) is 19.1 Å². The van der Waals surface area contributed by atoms with Crippen molar-refractivity contribution in [2.24, 2.45) is 0 Å². The number of Topliss-reactive ketones (excluding diaryl/α,β-unsaturated/α-hetero) is 1. The standard InChI is InChI=1S/C30H26O4/c1-20(22-12-16-28(33-3)17-13-22)23-14-18-29(19-15-23)34-30(32)27-10-8-26(9-11-27)25-6-4-24(5-7-25)21(2)31/h4-20H,1-3H3. The summed E-state index contributed by atoms with van der Waals surface area (Å²) in [5, 5.41) is 0. The van der Waals surface area contributed by atoms with Gasteiger partial charge >= 0.3 is 5.97 Å². The first-order valence-electron chi connectivity index (χ1n) is 11.1. The average molecular weight is 451 g/mol. The van der Waals surface area contributed by atoms with E-state index in [1.165, 1.54) is 5.56 Å². The fourth-order valence-corrected chi connectivity index (χ4v) is 3.77. The summed E-state index contributed by atoms with van der Waals surface area (Å²) >= 11 is 0. The zero-order valence-electron chi connectivity index (χ0n) is 19.4. The first kappa shape index (κ1) is 23.0. The first-order chi connectivity index (χ1) is 16.4. The molecule has 170 valence electrons. The molecule has 0 fully saturated rings. The molecule has 0 aliphatic heterocycles. The minimum absolute atomic E-state index is 0.0351. The highest BCUT2D eigenvalue weighted by molar-refractivity contribution is 5.94. The lowest BCUT2D eigenvalue weighted by molar-refractivity contribution is 0.0734. The van der Waals surface area contributed by atoms with Crippen LogP contribution in [0.15, 0.2) is 97.1 Å². The summed E-state index contributed by atoms with van der Waals surface area (Å²) in [7, 11) is 1.65. The Morgan fingerprint density at radius 3 is 1.50 bits per heavy atom. The number of esters is 1. The second-order valence-electron chi connectivity index (χ2n) is 8.16. The van der Waals surface area contributed by atoms with Gasteiger partial charge in [-0.15, -0.1) is 0 Å². The summed E-state index contributed by atoms with van der Waals surface area (Å²) in [6.07, 6.45) is 0. The second kappa shape index (κ2) is 10.2. The highest BCUT2D eigenvalue weighted by atomic mass is 16.5. The topological polar surface area (TPSA) is 52.6 Å². The van der Waals surface area contributed by atoms with E-state index in [0.29, 0.717) is 16.9 Å². The van der Waals surface area contributed by atoms with E-state index in [9.17, 15) is 9.59 Å². The molecule has 0 aliphatic carbocycles. The summed E-state index contributed by atoms with van der Waals surface area (Å²) in [6, 6.07) is 30.3. The van der Waals surface area contributed by atoms with Crippen LogP contribution in [0.2, 0.25) is 0 Å². The molecule has 4 nitrogen and oxygen atoms in total. The van der Waals surface area contributed by atoms with Crippen molar-refractivity contribution in [3.8, 4) is 22.6 Å². The summed E-state index contributed by atoms with van der Waals surface area (Å²) in [4.78, 5) is 24.1. The zero-order valence-corrected chi connectivity index (χ0v) is 19.4. The molecular weight excluding hydrogens is 424 g/mol. The molecule has 4 rings (SSSR count). The number of carbonyl (C=O) groups is 2. The Bertz CT molecular complexity index is 1270. The van der Waals surface area contributed by atoms with Crippen LogP contribution in [0.25, 0.3) is 11.1 Å². The van der Waals surface area contributed by atoms with Gasteiger partial charge in [0.2, 0.25) is 0 Å². The summed E-state index contributed by atoms with van der Waals surface area (Å²) in [5.74, 6) is 1.16. The molecule has 0 saturated heterocycles. The molecule has 1 atom stereocenters. The van der Waals surface area contributed by atoms with Crippen molar-refractivity contribution in [3.05, 3.63) is 119 Å². The number of hydrogen-bond acceptors (Lipinski definition) is 4. The van der Waals surface area contributed by atoms with Gasteiger partial charge in [-0.05, 0) is 65.6 Å². The molecule has 0 radical (unpaired) electrons. The van der Waals surface area contributed by atoms with E-state index >= 15 is 0 Å². The number of rotatable bonds is 7. The van der Waals surface area contributed by atoms with Crippen LogP contribution in [0, 0.1) is 0 Å². The monoisotopic (exact) mass is 450 g/mol. The van der Waals surface area contributed by atoms with E-state index < -0.39 is 5.97 Å². The highest BCUT2D eigenvalue weighted by Crippen LogP contribution is 2.28. The van der Waals surface area contributed by atoms with Crippen LogP contribution in [0.5, 0.6) is 11.5 Å². The van der Waals surface area contributed by atoms with Crippen molar-refractivity contribution in [2.75, 3.05) is 7.11 Å². The molecule has 34 heavy (non-hydrogen) atoms. The number of ether oxygens (including phenoxy) is 2. The van der Waals surface area contributed by atoms with Crippen LogP contribution in [-0.2, 0) is 0 Å². The van der Waals surface area contributed by atoms with E-state index in [0.717, 1.165) is 22.4 Å². The number of methoxy groups -OCH3 is 1. The largest absolute Gasteiger partial charge is 0.497 e. The van der Waals surface area contributed by atoms with Crippen molar-refractivity contribution in [3.63, 3.8) is 0 Å². The molecule has 4 aromatic carbocycles. The highest BCUT2D eigenvalue weighted by Gasteiger charge is 2.12. The molecule has 0 spiro atoms. The van der Waals surface area contributed by atoms with E-state index in [1.54, 1.807) is 38.3 Å². The van der Waals surface area contributed by atoms with Gasteiger partial charge in [0.05, 0.1) is 12.7 Å². The maximum atomic E-state index is 12.6. The number of benzene rings is 4. The van der Waals surface area contributed by atoms with E-state index in [-0.39, 0.29) is 11.7 Å². The quantitative estimate of drug-likeness (QED) is 0.174. The van der Waals surface area contributed by atoms with Crippen LogP contribution >= 0.6 is 0 Å². The molecular formula is C30H26O4. The smallest absolute Gasteiger partial charge is 0.343 e. The van der Waals surface area contributed by atoms with Crippen LogP contribution in [0.4, 0.5) is 0 Å².